The lowest BCUT2D eigenvalue weighted by Crippen LogP contribution is -2.47. The standard InChI is InChI=1S/C18H25ClN2O3/c1-4-16(22)20-14-5-7-21(8-6-14)17(23)11-24-15-9-12(2)18(19)13(3)10-15/h9-10,14H,4-8,11H2,1-3H3,(H,20,22). The molecule has 1 fully saturated rings. The molecule has 5 nitrogen and oxygen atoms in total. The molecule has 1 saturated heterocycles. The molecule has 1 heterocycles. The van der Waals surface area contributed by atoms with Gasteiger partial charge in [0.2, 0.25) is 5.91 Å². The fourth-order valence-corrected chi connectivity index (χ4v) is 2.94. The number of carbonyl (C=O) groups excluding carboxylic acids is 2. The molecule has 1 N–H and O–H groups in total. The lowest BCUT2D eigenvalue weighted by molar-refractivity contribution is -0.134. The molecular weight excluding hydrogens is 328 g/mol. The molecule has 0 unspecified atom stereocenters. The van der Waals surface area contributed by atoms with Gasteiger partial charge in [0.05, 0.1) is 0 Å². The van der Waals surface area contributed by atoms with E-state index < -0.39 is 0 Å². The summed E-state index contributed by atoms with van der Waals surface area (Å²) in [6.07, 6.45) is 2.07. The van der Waals surface area contributed by atoms with E-state index >= 15 is 0 Å². The molecule has 0 saturated carbocycles. The van der Waals surface area contributed by atoms with Crippen molar-refractivity contribution in [1.82, 2.24) is 10.2 Å². The third-order valence-corrected chi connectivity index (χ3v) is 4.90. The highest BCUT2D eigenvalue weighted by molar-refractivity contribution is 6.32. The molecule has 24 heavy (non-hydrogen) atoms. The number of likely N-dealkylation sites (tertiary alicyclic amines) is 1. The van der Waals surface area contributed by atoms with E-state index in [1.54, 1.807) is 4.90 Å². The SMILES string of the molecule is CCC(=O)NC1CCN(C(=O)COc2cc(C)c(Cl)c(C)c2)CC1. The van der Waals surface area contributed by atoms with Gasteiger partial charge in [0.15, 0.2) is 6.61 Å². The summed E-state index contributed by atoms with van der Waals surface area (Å²) in [5, 5.41) is 3.71. The molecule has 132 valence electrons. The summed E-state index contributed by atoms with van der Waals surface area (Å²) in [6, 6.07) is 3.86. The summed E-state index contributed by atoms with van der Waals surface area (Å²) >= 11 is 6.13. The van der Waals surface area contributed by atoms with Crippen LogP contribution in [0.3, 0.4) is 0 Å². The van der Waals surface area contributed by atoms with Gasteiger partial charge in [0.25, 0.3) is 5.91 Å². The Hall–Kier alpha value is -1.75. The average Bonchev–Trinajstić information content (AvgIpc) is 2.57. The van der Waals surface area contributed by atoms with Crippen LogP contribution >= 0.6 is 11.6 Å². The van der Waals surface area contributed by atoms with Crippen LogP contribution in [0.5, 0.6) is 5.75 Å². The lowest BCUT2D eigenvalue weighted by atomic mass is 10.0. The van der Waals surface area contributed by atoms with E-state index in [-0.39, 0.29) is 24.5 Å². The fraction of sp³-hybridized carbons (Fsp3) is 0.556. The molecule has 0 aromatic heterocycles. The summed E-state index contributed by atoms with van der Waals surface area (Å²) < 4.78 is 5.63. The Bertz CT molecular complexity index is 587. The van der Waals surface area contributed by atoms with Crippen molar-refractivity contribution in [3.05, 3.63) is 28.3 Å². The van der Waals surface area contributed by atoms with Crippen molar-refractivity contribution in [2.75, 3.05) is 19.7 Å². The number of rotatable bonds is 5. The monoisotopic (exact) mass is 352 g/mol. The minimum atomic E-state index is -0.0273. The summed E-state index contributed by atoms with van der Waals surface area (Å²) in [5.41, 5.74) is 1.87. The Morgan fingerprint density at radius 1 is 1.25 bits per heavy atom. The maximum Gasteiger partial charge on any atom is 0.260 e. The first-order valence-corrected chi connectivity index (χ1v) is 8.75. The smallest absolute Gasteiger partial charge is 0.260 e. The molecule has 0 bridgehead atoms. The number of aryl methyl sites for hydroxylation is 2. The van der Waals surface area contributed by atoms with Crippen LogP contribution in [0.4, 0.5) is 0 Å². The van der Waals surface area contributed by atoms with Gasteiger partial charge < -0.3 is 15.0 Å². The van der Waals surface area contributed by atoms with Crippen LogP contribution in [0.1, 0.15) is 37.3 Å². The minimum absolute atomic E-state index is 0.0203. The Balaban J connectivity index is 1.81. The Labute approximate surface area is 148 Å². The lowest BCUT2D eigenvalue weighted by Gasteiger charge is -2.32. The van der Waals surface area contributed by atoms with Crippen LogP contribution in [-0.4, -0.2) is 42.5 Å². The van der Waals surface area contributed by atoms with E-state index in [2.05, 4.69) is 5.32 Å². The van der Waals surface area contributed by atoms with E-state index in [1.165, 1.54) is 0 Å². The zero-order valence-electron chi connectivity index (χ0n) is 14.5. The van der Waals surface area contributed by atoms with Gasteiger partial charge >= 0.3 is 0 Å². The summed E-state index contributed by atoms with van der Waals surface area (Å²) in [5.74, 6) is 0.699. The predicted molar refractivity (Wildman–Crippen MR) is 94.5 cm³/mol. The van der Waals surface area contributed by atoms with Gasteiger partial charge in [-0.05, 0) is 49.9 Å². The van der Waals surface area contributed by atoms with Crippen molar-refractivity contribution in [1.29, 1.82) is 0 Å². The molecule has 2 amide bonds. The van der Waals surface area contributed by atoms with Gasteiger partial charge in [0, 0.05) is 30.6 Å². The zero-order valence-corrected chi connectivity index (χ0v) is 15.3. The molecule has 0 radical (unpaired) electrons. The Morgan fingerprint density at radius 3 is 2.38 bits per heavy atom. The van der Waals surface area contributed by atoms with Gasteiger partial charge in [-0.2, -0.15) is 0 Å². The van der Waals surface area contributed by atoms with E-state index in [4.69, 9.17) is 16.3 Å². The van der Waals surface area contributed by atoms with Gasteiger partial charge in [-0.25, -0.2) is 0 Å². The number of nitrogens with zero attached hydrogens (tertiary/aromatic N) is 1. The Kier molecular flexibility index (Phi) is 6.49. The number of hydrogen-bond acceptors (Lipinski definition) is 3. The summed E-state index contributed by atoms with van der Waals surface area (Å²) in [6.45, 7) is 6.99. The molecule has 1 aliphatic rings. The van der Waals surface area contributed by atoms with Crippen LogP contribution in [0.2, 0.25) is 5.02 Å². The van der Waals surface area contributed by atoms with Crippen molar-refractivity contribution in [3.8, 4) is 5.75 Å². The van der Waals surface area contributed by atoms with Crippen molar-refractivity contribution < 1.29 is 14.3 Å². The van der Waals surface area contributed by atoms with Crippen LogP contribution in [0.15, 0.2) is 12.1 Å². The quantitative estimate of drug-likeness (QED) is 0.886. The summed E-state index contributed by atoms with van der Waals surface area (Å²) in [7, 11) is 0. The highest BCUT2D eigenvalue weighted by Gasteiger charge is 2.23. The molecule has 0 spiro atoms. The molecule has 1 aromatic rings. The number of piperidine rings is 1. The topological polar surface area (TPSA) is 58.6 Å². The predicted octanol–water partition coefficient (Wildman–Crippen LogP) is 2.85. The third kappa shape index (κ3) is 4.87. The van der Waals surface area contributed by atoms with Gasteiger partial charge in [-0.3, -0.25) is 9.59 Å². The number of carbonyl (C=O) groups is 2. The Morgan fingerprint density at radius 2 is 1.83 bits per heavy atom. The number of halogens is 1. The number of ether oxygens (including phenoxy) is 1. The molecule has 1 aromatic carbocycles. The second kappa shape index (κ2) is 8.38. The number of nitrogens with one attached hydrogen (secondary N) is 1. The van der Waals surface area contributed by atoms with Crippen molar-refractivity contribution in [3.63, 3.8) is 0 Å². The van der Waals surface area contributed by atoms with E-state index in [1.807, 2.05) is 32.9 Å². The van der Waals surface area contributed by atoms with E-state index in [0.717, 1.165) is 29.0 Å². The van der Waals surface area contributed by atoms with Gasteiger partial charge in [0.1, 0.15) is 5.75 Å². The highest BCUT2D eigenvalue weighted by Crippen LogP contribution is 2.25. The number of benzene rings is 1. The minimum Gasteiger partial charge on any atom is -0.484 e. The van der Waals surface area contributed by atoms with Crippen LogP contribution in [-0.2, 0) is 9.59 Å². The first-order chi connectivity index (χ1) is 11.4. The van der Waals surface area contributed by atoms with E-state index in [9.17, 15) is 9.59 Å². The first-order valence-electron chi connectivity index (χ1n) is 8.37. The molecule has 6 heteroatoms. The van der Waals surface area contributed by atoms with Crippen molar-refractivity contribution in [2.45, 2.75) is 46.1 Å². The molecule has 0 aliphatic carbocycles. The van der Waals surface area contributed by atoms with E-state index in [0.29, 0.717) is 25.3 Å². The normalized spacial score (nSPS) is 15.2. The van der Waals surface area contributed by atoms with Crippen molar-refractivity contribution >= 4 is 23.4 Å². The maximum atomic E-state index is 12.3. The zero-order chi connectivity index (χ0) is 17.7. The van der Waals surface area contributed by atoms with Crippen molar-refractivity contribution in [2.24, 2.45) is 0 Å². The third-order valence-electron chi connectivity index (χ3n) is 4.31. The number of amides is 2. The average molecular weight is 353 g/mol. The highest BCUT2D eigenvalue weighted by atomic mass is 35.5. The fourth-order valence-electron chi connectivity index (χ4n) is 2.83. The molecule has 2 rings (SSSR count). The molecule has 0 atom stereocenters. The van der Waals surface area contributed by atoms with Crippen LogP contribution < -0.4 is 10.1 Å². The maximum absolute atomic E-state index is 12.3. The largest absolute Gasteiger partial charge is 0.484 e. The second-order valence-electron chi connectivity index (χ2n) is 6.24. The molecular formula is C18H25ClN2O3. The molecule has 1 aliphatic heterocycles. The second-order valence-corrected chi connectivity index (χ2v) is 6.61. The first kappa shape index (κ1) is 18.6. The van der Waals surface area contributed by atoms with Crippen LogP contribution in [0, 0.1) is 13.8 Å². The van der Waals surface area contributed by atoms with Crippen LogP contribution in [0.25, 0.3) is 0 Å². The summed E-state index contributed by atoms with van der Waals surface area (Å²) in [4.78, 5) is 25.5. The van der Waals surface area contributed by atoms with Gasteiger partial charge in [-0.1, -0.05) is 18.5 Å². The van der Waals surface area contributed by atoms with Gasteiger partial charge in [-0.15, -0.1) is 0 Å². The number of hydrogen-bond donors (Lipinski definition) is 1.